The standard InChI is InChI=1S/C28H56N4O4S2/c1-9-31(26(34)36-22-24-38-28(7,8)37-23-21-35-25(3)33)19-13-17-29-15-11-12-16-30-18-14-20-32(10-2)27(4,5)6/h11-12,29-30H,9-10,13-24H2,1-8H3/b12-11+. The number of nitrogens with zero attached hydrogens (tertiary/aromatic N) is 2. The van der Waals surface area contributed by atoms with Gasteiger partial charge >= 0.3 is 12.1 Å². The van der Waals surface area contributed by atoms with Gasteiger partial charge in [0, 0.05) is 50.1 Å². The lowest BCUT2D eigenvalue weighted by atomic mass is 10.1. The van der Waals surface area contributed by atoms with E-state index in [1.165, 1.54) is 6.92 Å². The summed E-state index contributed by atoms with van der Waals surface area (Å²) in [7, 11) is 0. The zero-order chi connectivity index (χ0) is 28.9. The van der Waals surface area contributed by atoms with Crippen LogP contribution < -0.4 is 10.6 Å². The number of nitrogens with one attached hydrogen (secondary N) is 2. The molecule has 0 aliphatic carbocycles. The molecule has 0 aromatic rings. The van der Waals surface area contributed by atoms with Gasteiger partial charge in [0.15, 0.2) is 0 Å². The van der Waals surface area contributed by atoms with Gasteiger partial charge in [0.05, 0.1) is 4.08 Å². The van der Waals surface area contributed by atoms with Crippen molar-refractivity contribution in [1.29, 1.82) is 0 Å². The highest BCUT2D eigenvalue weighted by Crippen LogP contribution is 2.35. The van der Waals surface area contributed by atoms with E-state index in [1.54, 1.807) is 28.4 Å². The molecule has 0 heterocycles. The first-order chi connectivity index (χ1) is 17.9. The van der Waals surface area contributed by atoms with Crippen LogP contribution in [0.5, 0.6) is 0 Å². The van der Waals surface area contributed by atoms with E-state index in [0.717, 1.165) is 63.6 Å². The molecule has 8 nitrogen and oxygen atoms in total. The van der Waals surface area contributed by atoms with Crippen LogP contribution in [0.2, 0.25) is 0 Å². The number of ether oxygens (including phenoxy) is 2. The summed E-state index contributed by atoms with van der Waals surface area (Å²) in [5.41, 5.74) is 0.236. The molecule has 0 radical (unpaired) electrons. The normalized spacial score (nSPS) is 12.3. The highest BCUT2D eigenvalue weighted by atomic mass is 32.2. The van der Waals surface area contributed by atoms with Crippen LogP contribution in [0, 0.1) is 0 Å². The van der Waals surface area contributed by atoms with Crippen LogP contribution in [-0.2, 0) is 14.3 Å². The molecule has 0 aromatic carbocycles. The van der Waals surface area contributed by atoms with Gasteiger partial charge in [-0.15, -0.1) is 23.5 Å². The van der Waals surface area contributed by atoms with Gasteiger partial charge in [-0.05, 0) is 80.6 Å². The number of hydrogen-bond acceptors (Lipinski definition) is 9. The van der Waals surface area contributed by atoms with Crippen molar-refractivity contribution in [2.24, 2.45) is 0 Å². The molecule has 0 saturated carbocycles. The highest BCUT2D eigenvalue weighted by Gasteiger charge is 2.20. The first-order valence-electron chi connectivity index (χ1n) is 14.1. The summed E-state index contributed by atoms with van der Waals surface area (Å²) in [6.07, 6.45) is 6.12. The van der Waals surface area contributed by atoms with E-state index in [-0.39, 0.29) is 21.7 Å². The second-order valence-corrected chi connectivity index (χ2v) is 14.2. The van der Waals surface area contributed by atoms with Gasteiger partial charge < -0.3 is 25.0 Å². The number of carbonyl (C=O) groups excluding carboxylic acids is 2. The van der Waals surface area contributed by atoms with Crippen molar-refractivity contribution in [2.45, 2.75) is 77.8 Å². The van der Waals surface area contributed by atoms with Crippen LogP contribution >= 0.6 is 23.5 Å². The smallest absolute Gasteiger partial charge is 0.409 e. The molecule has 0 aliphatic heterocycles. The summed E-state index contributed by atoms with van der Waals surface area (Å²) in [6, 6.07) is 0. The van der Waals surface area contributed by atoms with Gasteiger partial charge in [-0.3, -0.25) is 9.69 Å². The minimum absolute atomic E-state index is 0.0319. The average Bonchev–Trinajstić information content (AvgIpc) is 2.84. The summed E-state index contributed by atoms with van der Waals surface area (Å²) < 4.78 is 10.4. The summed E-state index contributed by atoms with van der Waals surface area (Å²) in [5, 5.41) is 6.89. The molecule has 0 rings (SSSR count). The van der Waals surface area contributed by atoms with Crippen molar-refractivity contribution in [3.63, 3.8) is 0 Å². The first-order valence-corrected chi connectivity index (χ1v) is 16.0. The molecule has 0 saturated heterocycles. The lowest BCUT2D eigenvalue weighted by molar-refractivity contribution is -0.140. The predicted molar refractivity (Wildman–Crippen MR) is 165 cm³/mol. The van der Waals surface area contributed by atoms with Crippen molar-refractivity contribution in [1.82, 2.24) is 20.4 Å². The van der Waals surface area contributed by atoms with E-state index < -0.39 is 0 Å². The Hall–Kier alpha value is -0.940. The number of hydrogen-bond donors (Lipinski definition) is 2. The van der Waals surface area contributed by atoms with Crippen molar-refractivity contribution < 1.29 is 19.1 Å². The second-order valence-electron chi connectivity index (χ2n) is 10.5. The third kappa shape index (κ3) is 21.0. The van der Waals surface area contributed by atoms with Gasteiger partial charge in [-0.1, -0.05) is 19.1 Å². The molecule has 224 valence electrons. The van der Waals surface area contributed by atoms with Gasteiger partial charge in [0.25, 0.3) is 0 Å². The Morgan fingerprint density at radius 3 is 1.82 bits per heavy atom. The van der Waals surface area contributed by atoms with Crippen molar-refractivity contribution in [2.75, 3.05) is 77.1 Å². The molecule has 0 bridgehead atoms. The average molecular weight is 577 g/mol. The predicted octanol–water partition coefficient (Wildman–Crippen LogP) is 4.85. The molecule has 0 aromatic heterocycles. The second kappa shape index (κ2) is 21.8. The number of carbonyl (C=O) groups is 2. The van der Waals surface area contributed by atoms with E-state index in [1.807, 2.05) is 6.92 Å². The maximum Gasteiger partial charge on any atom is 0.409 e. The maximum absolute atomic E-state index is 12.4. The van der Waals surface area contributed by atoms with E-state index in [4.69, 9.17) is 9.47 Å². The molecular weight excluding hydrogens is 520 g/mol. The quantitative estimate of drug-likeness (QED) is 0.0814. The molecule has 0 aliphatic rings. The summed E-state index contributed by atoms with van der Waals surface area (Å²) in [6.45, 7) is 24.6. The van der Waals surface area contributed by atoms with E-state index in [9.17, 15) is 9.59 Å². The summed E-state index contributed by atoms with van der Waals surface area (Å²) in [4.78, 5) is 27.5. The van der Waals surface area contributed by atoms with E-state index in [0.29, 0.717) is 26.3 Å². The molecule has 10 heteroatoms. The Morgan fingerprint density at radius 2 is 1.34 bits per heavy atom. The Balaban J connectivity index is 3.83. The van der Waals surface area contributed by atoms with Crippen LogP contribution in [0.3, 0.4) is 0 Å². The van der Waals surface area contributed by atoms with Crippen LogP contribution in [0.4, 0.5) is 4.79 Å². The monoisotopic (exact) mass is 576 g/mol. The Bertz CT molecular complexity index is 657. The minimum Gasteiger partial charge on any atom is -0.465 e. The van der Waals surface area contributed by atoms with Crippen molar-refractivity contribution in [3.05, 3.63) is 12.2 Å². The van der Waals surface area contributed by atoms with Crippen LogP contribution in [0.1, 0.15) is 68.2 Å². The number of thioether (sulfide) groups is 2. The molecule has 1 amide bonds. The van der Waals surface area contributed by atoms with Crippen molar-refractivity contribution in [3.8, 4) is 0 Å². The number of esters is 1. The van der Waals surface area contributed by atoms with Crippen LogP contribution in [0.25, 0.3) is 0 Å². The third-order valence-corrected chi connectivity index (χ3v) is 8.66. The molecular formula is C28H56N4O4S2. The highest BCUT2D eigenvalue weighted by molar-refractivity contribution is 8.18. The summed E-state index contributed by atoms with van der Waals surface area (Å²) >= 11 is 3.48. The van der Waals surface area contributed by atoms with Gasteiger partial charge in [0.1, 0.15) is 13.2 Å². The number of rotatable bonds is 22. The Labute approximate surface area is 241 Å². The molecule has 2 N–H and O–H groups in total. The fourth-order valence-corrected chi connectivity index (χ4v) is 5.85. The Morgan fingerprint density at radius 1 is 0.816 bits per heavy atom. The lowest BCUT2D eigenvalue weighted by Gasteiger charge is -2.34. The van der Waals surface area contributed by atoms with Crippen LogP contribution in [-0.4, -0.2) is 109 Å². The Kier molecular flexibility index (Phi) is 21.3. The van der Waals surface area contributed by atoms with Gasteiger partial charge in [-0.2, -0.15) is 0 Å². The number of amides is 1. The van der Waals surface area contributed by atoms with Crippen LogP contribution in [0.15, 0.2) is 12.2 Å². The van der Waals surface area contributed by atoms with E-state index in [2.05, 4.69) is 69.2 Å². The third-order valence-electron chi connectivity index (χ3n) is 5.82. The maximum atomic E-state index is 12.4. The molecule has 0 unspecified atom stereocenters. The lowest BCUT2D eigenvalue weighted by Crippen LogP contribution is -2.42. The molecule has 38 heavy (non-hydrogen) atoms. The van der Waals surface area contributed by atoms with Crippen molar-refractivity contribution >= 4 is 35.6 Å². The van der Waals surface area contributed by atoms with Gasteiger partial charge in [-0.25, -0.2) is 4.79 Å². The summed E-state index contributed by atoms with van der Waals surface area (Å²) in [5.74, 6) is 1.23. The van der Waals surface area contributed by atoms with E-state index >= 15 is 0 Å². The molecule has 0 fully saturated rings. The largest absolute Gasteiger partial charge is 0.465 e. The zero-order valence-corrected chi connectivity index (χ0v) is 27.0. The SMILES string of the molecule is CCN(CCCNC/C=C/CNCCCN(CC)C(C)(C)C)C(=O)OCCSC(C)(C)SCCOC(C)=O. The van der Waals surface area contributed by atoms with Gasteiger partial charge in [0.2, 0.25) is 0 Å². The first kappa shape index (κ1) is 37.1. The molecule has 0 atom stereocenters. The fourth-order valence-electron chi connectivity index (χ4n) is 3.70. The topological polar surface area (TPSA) is 83.1 Å². The zero-order valence-electron chi connectivity index (χ0n) is 25.4. The fraction of sp³-hybridized carbons (Fsp3) is 0.857. The molecule has 0 spiro atoms. The minimum atomic E-state index is -0.249.